The molecule has 1 saturated carbocycles. The van der Waals surface area contributed by atoms with Crippen molar-refractivity contribution in [1.29, 1.82) is 0 Å². The minimum atomic E-state index is -0.658. The fraction of sp³-hybridized carbons (Fsp3) is 0.375. The zero-order valence-corrected chi connectivity index (χ0v) is 13.9. The SMILES string of the molecule is C[C@@]12C(=O)N(c3cc(Cl)c(Cl)c(Cl)c3)C(=O)[C@H]1[C@@H]1C=C[C@@H]2C1. The normalized spacial score (nSPS) is 35.6. The van der Waals surface area contributed by atoms with Crippen molar-refractivity contribution in [3.63, 3.8) is 0 Å². The van der Waals surface area contributed by atoms with Gasteiger partial charge in [-0.05, 0) is 37.3 Å². The first-order valence-electron chi connectivity index (χ1n) is 7.07. The van der Waals surface area contributed by atoms with E-state index in [9.17, 15) is 9.59 Å². The molecule has 0 spiro atoms. The number of benzene rings is 1. The van der Waals surface area contributed by atoms with Crippen LogP contribution in [0.25, 0.3) is 0 Å². The van der Waals surface area contributed by atoms with Gasteiger partial charge in [0.2, 0.25) is 11.8 Å². The first-order valence-corrected chi connectivity index (χ1v) is 8.20. The summed E-state index contributed by atoms with van der Waals surface area (Å²) in [5.41, 5.74) is -0.265. The first-order chi connectivity index (χ1) is 10.4. The van der Waals surface area contributed by atoms with Gasteiger partial charge in [0.1, 0.15) is 0 Å². The third-order valence-corrected chi connectivity index (χ3v) is 6.54. The van der Waals surface area contributed by atoms with Crippen LogP contribution in [-0.2, 0) is 9.59 Å². The molecule has 22 heavy (non-hydrogen) atoms. The van der Waals surface area contributed by atoms with Crippen LogP contribution in [0.2, 0.25) is 15.1 Å². The van der Waals surface area contributed by atoms with Gasteiger partial charge in [-0.25, -0.2) is 4.90 Å². The van der Waals surface area contributed by atoms with Crippen LogP contribution in [0.15, 0.2) is 24.3 Å². The lowest BCUT2D eigenvalue weighted by molar-refractivity contribution is -0.127. The molecule has 114 valence electrons. The summed E-state index contributed by atoms with van der Waals surface area (Å²) in [5.74, 6) is -0.354. The second kappa shape index (κ2) is 4.50. The van der Waals surface area contributed by atoms with Gasteiger partial charge in [0, 0.05) is 0 Å². The number of amides is 2. The number of rotatable bonds is 1. The van der Waals surface area contributed by atoms with Gasteiger partial charge in [-0.15, -0.1) is 0 Å². The Morgan fingerprint density at radius 1 is 1.14 bits per heavy atom. The highest BCUT2D eigenvalue weighted by Crippen LogP contribution is 2.61. The zero-order valence-electron chi connectivity index (χ0n) is 11.6. The monoisotopic (exact) mass is 355 g/mol. The molecule has 1 heterocycles. The molecule has 1 saturated heterocycles. The quantitative estimate of drug-likeness (QED) is 0.426. The molecule has 2 bridgehead atoms. The van der Waals surface area contributed by atoms with Crippen molar-refractivity contribution in [2.24, 2.45) is 23.2 Å². The Bertz CT molecular complexity index is 737. The predicted molar refractivity (Wildman–Crippen MR) is 86.3 cm³/mol. The van der Waals surface area contributed by atoms with Crippen molar-refractivity contribution >= 4 is 52.3 Å². The van der Waals surface area contributed by atoms with Crippen LogP contribution in [0.4, 0.5) is 5.69 Å². The molecule has 2 amide bonds. The van der Waals surface area contributed by atoms with Crippen molar-refractivity contribution in [2.75, 3.05) is 4.90 Å². The molecular weight excluding hydrogens is 345 g/mol. The van der Waals surface area contributed by atoms with Crippen molar-refractivity contribution in [1.82, 2.24) is 0 Å². The number of carbonyl (C=O) groups is 2. The van der Waals surface area contributed by atoms with Crippen LogP contribution in [-0.4, -0.2) is 11.8 Å². The fourth-order valence-corrected chi connectivity index (χ4v) is 4.81. The first kappa shape index (κ1) is 14.6. The molecule has 4 rings (SSSR count). The third kappa shape index (κ3) is 1.60. The van der Waals surface area contributed by atoms with E-state index in [4.69, 9.17) is 34.8 Å². The van der Waals surface area contributed by atoms with Gasteiger partial charge in [-0.1, -0.05) is 47.0 Å². The van der Waals surface area contributed by atoms with E-state index in [2.05, 4.69) is 12.2 Å². The number of hydrogen-bond acceptors (Lipinski definition) is 2. The molecule has 1 aromatic carbocycles. The van der Waals surface area contributed by atoms with E-state index >= 15 is 0 Å². The van der Waals surface area contributed by atoms with E-state index in [1.54, 1.807) is 0 Å². The molecule has 0 aromatic heterocycles. The van der Waals surface area contributed by atoms with E-state index in [1.807, 2.05) is 6.92 Å². The van der Waals surface area contributed by atoms with Crippen LogP contribution in [0.1, 0.15) is 13.3 Å². The van der Waals surface area contributed by atoms with Gasteiger partial charge in [0.15, 0.2) is 0 Å². The molecule has 6 heteroatoms. The fourth-order valence-electron chi connectivity index (χ4n) is 4.22. The van der Waals surface area contributed by atoms with Crippen LogP contribution in [0.3, 0.4) is 0 Å². The summed E-state index contributed by atoms with van der Waals surface area (Å²) in [6, 6.07) is 3.04. The number of hydrogen-bond donors (Lipinski definition) is 0. The lowest BCUT2D eigenvalue weighted by Crippen LogP contribution is -2.37. The Hall–Kier alpha value is -1.03. The molecule has 4 atom stereocenters. The number of fused-ring (bicyclic) bond motifs is 5. The average Bonchev–Trinajstić information content (AvgIpc) is 3.09. The van der Waals surface area contributed by atoms with E-state index in [1.165, 1.54) is 17.0 Å². The largest absolute Gasteiger partial charge is 0.274 e. The molecule has 0 radical (unpaired) electrons. The smallest absolute Gasteiger partial charge is 0.241 e. The zero-order chi connectivity index (χ0) is 15.8. The summed E-state index contributed by atoms with van der Waals surface area (Å²) >= 11 is 18.0. The molecule has 2 fully saturated rings. The second-order valence-electron chi connectivity index (χ2n) is 6.35. The lowest BCUT2D eigenvalue weighted by Gasteiger charge is -2.28. The van der Waals surface area contributed by atoms with Crippen LogP contribution >= 0.6 is 34.8 Å². The average molecular weight is 357 g/mol. The number of nitrogens with zero attached hydrogens (tertiary/aromatic N) is 1. The van der Waals surface area contributed by atoms with E-state index in [0.717, 1.165) is 6.42 Å². The molecule has 2 aliphatic carbocycles. The van der Waals surface area contributed by atoms with Gasteiger partial charge in [0.25, 0.3) is 0 Å². The highest BCUT2D eigenvalue weighted by Gasteiger charge is 2.67. The minimum absolute atomic E-state index is 0.127. The number of carbonyl (C=O) groups excluding carboxylic acids is 2. The molecule has 1 aliphatic heterocycles. The maximum atomic E-state index is 13.0. The Labute approximate surface area is 142 Å². The lowest BCUT2D eigenvalue weighted by atomic mass is 9.71. The Morgan fingerprint density at radius 3 is 2.36 bits per heavy atom. The summed E-state index contributed by atoms with van der Waals surface area (Å²) < 4.78 is 0. The number of imide groups is 1. The summed E-state index contributed by atoms with van der Waals surface area (Å²) in [6.45, 7) is 1.89. The summed E-state index contributed by atoms with van der Waals surface area (Å²) in [7, 11) is 0. The number of allylic oxidation sites excluding steroid dienone is 2. The van der Waals surface area contributed by atoms with E-state index in [-0.39, 0.29) is 44.6 Å². The number of anilines is 1. The Morgan fingerprint density at radius 2 is 1.77 bits per heavy atom. The highest BCUT2D eigenvalue weighted by molar-refractivity contribution is 6.48. The van der Waals surface area contributed by atoms with Gasteiger partial charge in [0.05, 0.1) is 32.1 Å². The van der Waals surface area contributed by atoms with Crippen molar-refractivity contribution in [3.8, 4) is 0 Å². The van der Waals surface area contributed by atoms with Gasteiger partial charge in [-0.2, -0.15) is 0 Å². The van der Waals surface area contributed by atoms with Crippen molar-refractivity contribution in [2.45, 2.75) is 13.3 Å². The van der Waals surface area contributed by atoms with Crippen LogP contribution < -0.4 is 4.90 Å². The van der Waals surface area contributed by atoms with Gasteiger partial charge < -0.3 is 0 Å². The maximum Gasteiger partial charge on any atom is 0.241 e. The summed E-state index contributed by atoms with van der Waals surface area (Å²) in [4.78, 5) is 27.0. The van der Waals surface area contributed by atoms with Crippen molar-refractivity contribution < 1.29 is 9.59 Å². The maximum absolute atomic E-state index is 13.0. The van der Waals surface area contributed by atoms with Gasteiger partial charge in [-0.3, -0.25) is 9.59 Å². The molecular formula is C16H12Cl3NO2. The molecule has 3 nitrogen and oxygen atoms in total. The Balaban J connectivity index is 1.83. The highest BCUT2D eigenvalue weighted by atomic mass is 35.5. The second-order valence-corrected chi connectivity index (χ2v) is 7.55. The molecule has 3 aliphatic rings. The topological polar surface area (TPSA) is 37.4 Å². The minimum Gasteiger partial charge on any atom is -0.274 e. The molecule has 0 unspecified atom stereocenters. The van der Waals surface area contributed by atoms with E-state index in [0.29, 0.717) is 5.69 Å². The number of halogens is 3. The van der Waals surface area contributed by atoms with Crippen LogP contribution in [0.5, 0.6) is 0 Å². The van der Waals surface area contributed by atoms with Crippen LogP contribution in [0, 0.1) is 23.2 Å². The predicted octanol–water partition coefficient (Wildman–Crippen LogP) is 4.35. The molecule has 0 N–H and O–H groups in total. The third-order valence-electron chi connectivity index (χ3n) is 5.34. The summed E-state index contributed by atoms with van der Waals surface area (Å²) in [5, 5.41) is 0.681. The van der Waals surface area contributed by atoms with Gasteiger partial charge >= 0.3 is 0 Å². The standard InChI is InChI=1S/C16H12Cl3NO2/c1-16-8-3-2-7(4-8)12(16)14(21)20(15(16)22)9-5-10(17)13(19)11(18)6-9/h2-3,5-8,12H,4H2,1H3/t7-,8-,12-,16+/m1/s1. The summed E-state index contributed by atoms with van der Waals surface area (Å²) in [6.07, 6.45) is 5.01. The molecule has 1 aromatic rings. The Kier molecular flexibility index (Phi) is 2.98. The van der Waals surface area contributed by atoms with Crippen molar-refractivity contribution in [3.05, 3.63) is 39.4 Å². The van der Waals surface area contributed by atoms with E-state index < -0.39 is 5.41 Å².